The van der Waals surface area contributed by atoms with Crippen molar-refractivity contribution in [3.63, 3.8) is 0 Å². The molecule has 1 aliphatic rings. The Balaban J connectivity index is 1.78. The predicted octanol–water partition coefficient (Wildman–Crippen LogP) is 1.52. The molecule has 6 nitrogen and oxygen atoms in total. The first-order valence-electron chi connectivity index (χ1n) is 6.03. The zero-order valence-corrected chi connectivity index (χ0v) is 12.4. The number of nitrogens with one attached hydrogen (secondary N) is 1. The lowest BCUT2D eigenvalue weighted by Gasteiger charge is -2.15. The molecular weight excluding hydrogens is 314 g/mol. The molecule has 1 aromatic heterocycles. The first-order valence-corrected chi connectivity index (χ1v) is 8.39. The molecule has 1 aromatic carbocycles. The van der Waals surface area contributed by atoms with Crippen LogP contribution in [0.2, 0.25) is 0 Å². The molecule has 1 amide bonds. The zero-order chi connectivity index (χ0) is 14.9. The van der Waals surface area contributed by atoms with Crippen molar-refractivity contribution in [2.24, 2.45) is 0 Å². The van der Waals surface area contributed by atoms with Crippen LogP contribution in [-0.4, -0.2) is 21.1 Å². The summed E-state index contributed by atoms with van der Waals surface area (Å²) in [4.78, 5) is 11.8. The van der Waals surface area contributed by atoms with Gasteiger partial charge in [0.15, 0.2) is 10.6 Å². The fraction of sp³-hybridized carbons (Fsp3) is 0.154. The minimum atomic E-state index is -4.00. The van der Waals surface area contributed by atoms with Gasteiger partial charge in [0.25, 0.3) is 10.0 Å². The van der Waals surface area contributed by atoms with E-state index in [9.17, 15) is 13.2 Å². The van der Waals surface area contributed by atoms with Gasteiger partial charge in [0, 0.05) is 5.38 Å². The highest BCUT2D eigenvalue weighted by atomic mass is 32.2. The van der Waals surface area contributed by atoms with E-state index in [-0.39, 0.29) is 28.9 Å². The molecule has 8 heteroatoms. The third kappa shape index (κ3) is 2.86. The van der Waals surface area contributed by atoms with E-state index < -0.39 is 15.9 Å². The van der Waals surface area contributed by atoms with Crippen molar-refractivity contribution >= 4 is 27.3 Å². The van der Waals surface area contributed by atoms with Crippen LogP contribution in [0.25, 0.3) is 0 Å². The van der Waals surface area contributed by atoms with Crippen molar-refractivity contribution in [1.29, 1.82) is 0 Å². The molecule has 110 valence electrons. The van der Waals surface area contributed by atoms with E-state index in [2.05, 4.69) is 0 Å². The van der Waals surface area contributed by atoms with Gasteiger partial charge in [0.2, 0.25) is 17.8 Å². The number of hydrogen-bond acceptors (Lipinski definition) is 6. The van der Waals surface area contributed by atoms with Crippen molar-refractivity contribution in [3.8, 4) is 10.8 Å². The lowest BCUT2D eigenvalue weighted by Crippen LogP contribution is -2.32. The van der Waals surface area contributed by atoms with Crippen molar-refractivity contribution in [1.82, 2.24) is 4.72 Å². The summed E-state index contributed by atoms with van der Waals surface area (Å²) >= 11 is 1.12. The van der Waals surface area contributed by atoms with E-state index in [1.54, 1.807) is 29.6 Å². The van der Waals surface area contributed by atoms with Gasteiger partial charge in [-0.2, -0.15) is 0 Å². The Hall–Kier alpha value is -2.06. The van der Waals surface area contributed by atoms with Crippen LogP contribution in [0, 0.1) is 0 Å². The Labute approximate surface area is 125 Å². The lowest BCUT2D eigenvalue weighted by molar-refractivity contribution is -0.118. The minimum Gasteiger partial charge on any atom is -0.455 e. The maximum Gasteiger partial charge on any atom is 0.272 e. The Kier molecular flexibility index (Phi) is 3.56. The van der Waals surface area contributed by atoms with Gasteiger partial charge in [0.1, 0.15) is 0 Å². The highest BCUT2D eigenvalue weighted by Gasteiger charge is 2.31. The molecule has 0 spiro atoms. The Bertz CT molecular complexity index is 746. The number of fused-ring (bicyclic) bond motifs is 2. The molecule has 1 aliphatic heterocycles. The summed E-state index contributed by atoms with van der Waals surface area (Å²) in [5.74, 6) is -0.397. The quantitative estimate of drug-likeness (QED) is 0.922. The fourth-order valence-corrected chi connectivity index (χ4v) is 4.33. The molecular formula is C13H11NO5S2. The highest BCUT2D eigenvalue weighted by molar-refractivity contribution is 7.90. The van der Waals surface area contributed by atoms with E-state index in [0.29, 0.717) is 0 Å². The molecule has 0 atom stereocenters. The molecule has 2 heterocycles. The second-order valence-corrected chi connectivity index (χ2v) is 6.78. The summed E-state index contributed by atoms with van der Waals surface area (Å²) < 4.78 is 36.7. The summed E-state index contributed by atoms with van der Waals surface area (Å²) in [5.41, 5.74) is 0.732. The summed E-state index contributed by atoms with van der Waals surface area (Å²) in [6, 6.07) is 8.90. The van der Waals surface area contributed by atoms with Crippen molar-refractivity contribution < 1.29 is 22.7 Å². The minimum absolute atomic E-state index is 0.0173. The van der Waals surface area contributed by atoms with Gasteiger partial charge in [-0.1, -0.05) is 30.3 Å². The smallest absolute Gasteiger partial charge is 0.272 e. The number of carbonyl (C=O) groups excluding carboxylic acids is 1. The first-order chi connectivity index (χ1) is 10.1. The normalized spacial score (nSPS) is 13.1. The van der Waals surface area contributed by atoms with Gasteiger partial charge in [0.05, 0.1) is 6.42 Å². The number of benzene rings is 1. The number of carbonyl (C=O) groups is 1. The number of sulfonamides is 1. The summed E-state index contributed by atoms with van der Waals surface area (Å²) in [6.07, 6.45) is -0.0173. The molecule has 21 heavy (non-hydrogen) atoms. The first kappa shape index (κ1) is 13.9. The number of rotatable bonds is 4. The second-order valence-electron chi connectivity index (χ2n) is 4.31. The standard InChI is InChI=1S/C13H11NO5S2/c15-11(6-9-4-2-1-3-5-9)14-21(16,17)12-10-7-20-13(12)19-8-18-10/h1-5,7H,6,8H2,(H,14,15). The lowest BCUT2D eigenvalue weighted by atomic mass is 10.1. The second kappa shape index (κ2) is 5.38. The van der Waals surface area contributed by atoms with Crippen LogP contribution in [0.4, 0.5) is 0 Å². The fourth-order valence-electron chi connectivity index (χ4n) is 1.92. The van der Waals surface area contributed by atoms with Crippen LogP contribution in [0.5, 0.6) is 10.8 Å². The third-order valence-corrected chi connectivity index (χ3v) is 5.23. The Morgan fingerprint density at radius 2 is 2.00 bits per heavy atom. The van der Waals surface area contributed by atoms with Crippen molar-refractivity contribution in [2.75, 3.05) is 6.79 Å². The van der Waals surface area contributed by atoms with Gasteiger partial charge in [-0.15, -0.1) is 11.3 Å². The van der Waals surface area contributed by atoms with Crippen LogP contribution in [-0.2, 0) is 21.2 Å². The van der Waals surface area contributed by atoms with Gasteiger partial charge >= 0.3 is 0 Å². The van der Waals surface area contributed by atoms with Gasteiger partial charge in [-0.05, 0) is 5.56 Å². The Morgan fingerprint density at radius 1 is 1.24 bits per heavy atom. The molecule has 0 saturated heterocycles. The molecule has 0 fully saturated rings. The van der Waals surface area contributed by atoms with Crippen LogP contribution in [0.15, 0.2) is 40.6 Å². The maximum atomic E-state index is 12.2. The summed E-state index contributed by atoms with van der Waals surface area (Å²) in [6.45, 7) is -0.0227. The van der Waals surface area contributed by atoms with Crippen LogP contribution in [0.3, 0.4) is 0 Å². The van der Waals surface area contributed by atoms with Crippen molar-refractivity contribution in [2.45, 2.75) is 11.3 Å². The van der Waals surface area contributed by atoms with E-state index in [0.717, 1.165) is 16.9 Å². The zero-order valence-electron chi connectivity index (χ0n) is 10.7. The average molecular weight is 325 g/mol. The number of ether oxygens (including phenoxy) is 2. The third-order valence-electron chi connectivity index (χ3n) is 2.81. The highest BCUT2D eigenvalue weighted by Crippen LogP contribution is 2.42. The van der Waals surface area contributed by atoms with Crippen LogP contribution in [0.1, 0.15) is 5.56 Å². The van der Waals surface area contributed by atoms with Crippen LogP contribution < -0.4 is 14.2 Å². The number of amides is 1. The molecule has 2 aromatic rings. The molecule has 3 rings (SSSR count). The van der Waals surface area contributed by atoms with E-state index in [4.69, 9.17) is 9.47 Å². The van der Waals surface area contributed by atoms with E-state index in [1.165, 1.54) is 0 Å². The van der Waals surface area contributed by atoms with Gasteiger partial charge in [-0.3, -0.25) is 4.79 Å². The Morgan fingerprint density at radius 3 is 2.71 bits per heavy atom. The summed E-state index contributed by atoms with van der Waals surface area (Å²) in [5, 5.41) is 1.77. The monoisotopic (exact) mass is 325 g/mol. The maximum absolute atomic E-state index is 12.2. The van der Waals surface area contributed by atoms with E-state index in [1.807, 2.05) is 10.8 Å². The van der Waals surface area contributed by atoms with Crippen molar-refractivity contribution in [3.05, 3.63) is 41.3 Å². The topological polar surface area (TPSA) is 81.7 Å². The molecule has 0 aliphatic carbocycles. The molecule has 2 bridgehead atoms. The molecule has 0 saturated carbocycles. The van der Waals surface area contributed by atoms with Gasteiger partial charge in [-0.25, -0.2) is 13.1 Å². The molecule has 0 radical (unpaired) electrons. The number of thiophene rings is 1. The van der Waals surface area contributed by atoms with E-state index >= 15 is 0 Å². The number of hydrogen-bond donors (Lipinski definition) is 1. The predicted molar refractivity (Wildman–Crippen MR) is 75.9 cm³/mol. The molecule has 1 N–H and O–H groups in total. The SMILES string of the molecule is O=C(Cc1ccccc1)NS(=O)(=O)c1c2csc1OCO2. The molecule has 0 unspecified atom stereocenters. The largest absolute Gasteiger partial charge is 0.455 e. The summed E-state index contributed by atoms with van der Waals surface area (Å²) in [7, 11) is -4.00. The van der Waals surface area contributed by atoms with Gasteiger partial charge < -0.3 is 9.47 Å². The average Bonchev–Trinajstić information content (AvgIpc) is 2.71. The van der Waals surface area contributed by atoms with Crippen LogP contribution >= 0.6 is 11.3 Å².